The van der Waals surface area contributed by atoms with Gasteiger partial charge in [-0.2, -0.15) is 11.8 Å². The summed E-state index contributed by atoms with van der Waals surface area (Å²) in [6, 6.07) is 5.90. The van der Waals surface area contributed by atoms with Gasteiger partial charge in [0, 0.05) is 9.26 Å². The molecule has 2 nitrogen and oxygen atoms in total. The number of hydrogen-bond donors (Lipinski definition) is 1. The third-order valence-electron chi connectivity index (χ3n) is 1.82. The molecule has 1 aromatic carbocycles. The highest BCUT2D eigenvalue weighted by Gasteiger charge is 2.04. The molecule has 0 saturated heterocycles. The van der Waals surface area contributed by atoms with Crippen LogP contribution in [-0.4, -0.2) is 17.9 Å². The molecule has 0 spiro atoms. The summed E-state index contributed by atoms with van der Waals surface area (Å²) in [6.45, 7) is 2.01. The molecule has 0 atom stereocenters. The first kappa shape index (κ1) is 11.8. The number of anilines is 1. The average Bonchev–Trinajstić information content (AvgIpc) is 2.13. The highest BCUT2D eigenvalue weighted by Crippen LogP contribution is 2.20. The van der Waals surface area contributed by atoms with Crippen molar-refractivity contribution in [1.29, 1.82) is 0 Å². The van der Waals surface area contributed by atoms with E-state index in [1.165, 1.54) is 15.3 Å². The monoisotopic (exact) mass is 321 g/mol. The van der Waals surface area contributed by atoms with Gasteiger partial charge in [0.05, 0.1) is 5.75 Å². The van der Waals surface area contributed by atoms with Crippen LogP contribution in [0.4, 0.5) is 5.69 Å². The lowest BCUT2D eigenvalue weighted by Crippen LogP contribution is -2.14. The molecule has 0 bridgehead atoms. The Morgan fingerprint density at radius 1 is 1.57 bits per heavy atom. The molecule has 0 aliphatic heterocycles. The molecule has 14 heavy (non-hydrogen) atoms. The van der Waals surface area contributed by atoms with E-state index in [1.54, 1.807) is 0 Å². The van der Waals surface area contributed by atoms with Crippen LogP contribution < -0.4 is 5.32 Å². The zero-order valence-corrected chi connectivity index (χ0v) is 11.1. The fourth-order valence-corrected chi connectivity index (χ4v) is 1.89. The van der Waals surface area contributed by atoms with Gasteiger partial charge in [0.2, 0.25) is 5.91 Å². The van der Waals surface area contributed by atoms with E-state index in [9.17, 15) is 4.79 Å². The van der Waals surface area contributed by atoms with Crippen molar-refractivity contribution in [3.63, 3.8) is 0 Å². The molecule has 1 rings (SSSR count). The van der Waals surface area contributed by atoms with Gasteiger partial charge in [0.25, 0.3) is 0 Å². The van der Waals surface area contributed by atoms with Crippen LogP contribution in [0.2, 0.25) is 0 Å². The Balaban J connectivity index is 2.76. The summed E-state index contributed by atoms with van der Waals surface area (Å²) < 4.78 is 1.17. The van der Waals surface area contributed by atoms with Crippen molar-refractivity contribution in [2.24, 2.45) is 0 Å². The fraction of sp³-hybridized carbons (Fsp3) is 0.300. The van der Waals surface area contributed by atoms with Crippen LogP contribution in [0.5, 0.6) is 0 Å². The molecule has 0 radical (unpaired) electrons. The van der Waals surface area contributed by atoms with Crippen molar-refractivity contribution in [3.8, 4) is 0 Å². The fourth-order valence-electron chi connectivity index (χ4n) is 1.06. The number of carbonyl (C=O) groups is 1. The molecule has 0 aliphatic rings. The molecule has 0 fully saturated rings. The van der Waals surface area contributed by atoms with Gasteiger partial charge in [0.1, 0.15) is 0 Å². The normalized spacial score (nSPS) is 9.93. The number of rotatable bonds is 3. The molecular formula is C10H12INOS. The molecule has 0 saturated carbocycles. The Labute approximate surface area is 102 Å². The van der Waals surface area contributed by atoms with E-state index in [-0.39, 0.29) is 5.91 Å². The Bertz CT molecular complexity index is 341. The van der Waals surface area contributed by atoms with E-state index in [1.807, 2.05) is 31.4 Å². The topological polar surface area (TPSA) is 29.1 Å². The summed E-state index contributed by atoms with van der Waals surface area (Å²) in [6.07, 6.45) is 1.92. The van der Waals surface area contributed by atoms with E-state index >= 15 is 0 Å². The number of halogens is 1. The van der Waals surface area contributed by atoms with Crippen LogP contribution >= 0.6 is 34.4 Å². The first-order valence-corrected chi connectivity index (χ1v) is 6.66. The lowest BCUT2D eigenvalue weighted by Gasteiger charge is -2.08. The molecule has 0 unspecified atom stereocenters. The van der Waals surface area contributed by atoms with Crippen LogP contribution in [0, 0.1) is 10.5 Å². The quantitative estimate of drug-likeness (QED) is 0.868. The predicted octanol–water partition coefficient (Wildman–Crippen LogP) is 2.90. The molecule has 0 aliphatic carbocycles. The number of hydrogen-bond acceptors (Lipinski definition) is 2. The summed E-state index contributed by atoms with van der Waals surface area (Å²) in [5.41, 5.74) is 2.04. The van der Waals surface area contributed by atoms with Gasteiger partial charge < -0.3 is 5.32 Å². The first-order chi connectivity index (χ1) is 6.65. The Morgan fingerprint density at radius 2 is 2.29 bits per heavy atom. The minimum Gasteiger partial charge on any atom is -0.325 e. The van der Waals surface area contributed by atoms with Gasteiger partial charge in [-0.3, -0.25) is 4.79 Å². The van der Waals surface area contributed by atoms with E-state index < -0.39 is 0 Å². The van der Waals surface area contributed by atoms with Crippen molar-refractivity contribution in [1.82, 2.24) is 0 Å². The van der Waals surface area contributed by atoms with Gasteiger partial charge in [-0.05, 0) is 53.5 Å². The first-order valence-electron chi connectivity index (χ1n) is 4.19. The SMILES string of the molecule is CSCC(=O)Nc1cccc(I)c1C. The maximum atomic E-state index is 11.3. The largest absolute Gasteiger partial charge is 0.325 e. The lowest BCUT2D eigenvalue weighted by molar-refractivity contribution is -0.113. The average molecular weight is 321 g/mol. The second-order valence-electron chi connectivity index (χ2n) is 2.89. The molecule has 1 N–H and O–H groups in total. The maximum Gasteiger partial charge on any atom is 0.234 e. The molecule has 1 aromatic rings. The summed E-state index contributed by atoms with van der Waals surface area (Å²) in [5, 5.41) is 2.89. The van der Waals surface area contributed by atoms with Gasteiger partial charge in [0.15, 0.2) is 0 Å². The third kappa shape index (κ3) is 3.16. The number of benzene rings is 1. The molecule has 76 valence electrons. The number of amides is 1. The number of carbonyl (C=O) groups excluding carboxylic acids is 1. The molecular weight excluding hydrogens is 309 g/mol. The van der Waals surface area contributed by atoms with Crippen LogP contribution in [-0.2, 0) is 4.79 Å². The van der Waals surface area contributed by atoms with E-state index in [2.05, 4.69) is 27.9 Å². The van der Waals surface area contributed by atoms with Gasteiger partial charge >= 0.3 is 0 Å². The molecule has 4 heteroatoms. The minimum atomic E-state index is 0.0580. The molecule has 0 heterocycles. The minimum absolute atomic E-state index is 0.0580. The highest BCUT2D eigenvalue weighted by molar-refractivity contribution is 14.1. The predicted molar refractivity (Wildman–Crippen MR) is 70.9 cm³/mol. The highest BCUT2D eigenvalue weighted by atomic mass is 127. The third-order valence-corrected chi connectivity index (χ3v) is 3.54. The zero-order chi connectivity index (χ0) is 10.6. The number of thioether (sulfide) groups is 1. The van der Waals surface area contributed by atoms with Gasteiger partial charge in [-0.25, -0.2) is 0 Å². The van der Waals surface area contributed by atoms with Gasteiger partial charge in [-0.15, -0.1) is 0 Å². The van der Waals surface area contributed by atoms with E-state index in [0.29, 0.717) is 5.75 Å². The van der Waals surface area contributed by atoms with Crippen molar-refractivity contribution in [2.45, 2.75) is 6.92 Å². The van der Waals surface area contributed by atoms with E-state index in [0.717, 1.165) is 11.3 Å². The summed E-state index contributed by atoms with van der Waals surface area (Å²) in [4.78, 5) is 11.3. The van der Waals surface area contributed by atoms with Crippen molar-refractivity contribution in [2.75, 3.05) is 17.3 Å². The second kappa shape index (κ2) is 5.60. The van der Waals surface area contributed by atoms with Crippen molar-refractivity contribution >= 4 is 45.9 Å². The molecule has 1 amide bonds. The maximum absolute atomic E-state index is 11.3. The van der Waals surface area contributed by atoms with Crippen LogP contribution in [0.15, 0.2) is 18.2 Å². The summed E-state index contributed by atoms with van der Waals surface area (Å²) in [5.74, 6) is 0.563. The summed E-state index contributed by atoms with van der Waals surface area (Å²) in [7, 11) is 0. The number of nitrogens with one attached hydrogen (secondary N) is 1. The Kier molecular flexibility index (Phi) is 4.74. The molecule has 0 aromatic heterocycles. The smallest absolute Gasteiger partial charge is 0.234 e. The van der Waals surface area contributed by atoms with Crippen LogP contribution in [0.1, 0.15) is 5.56 Å². The van der Waals surface area contributed by atoms with Crippen LogP contribution in [0.25, 0.3) is 0 Å². The van der Waals surface area contributed by atoms with Crippen LogP contribution in [0.3, 0.4) is 0 Å². The Morgan fingerprint density at radius 3 is 2.93 bits per heavy atom. The van der Waals surface area contributed by atoms with Gasteiger partial charge in [-0.1, -0.05) is 6.07 Å². The Hall–Kier alpha value is -0.230. The zero-order valence-electron chi connectivity index (χ0n) is 8.13. The summed E-state index contributed by atoms with van der Waals surface area (Å²) >= 11 is 3.79. The van der Waals surface area contributed by atoms with Crippen molar-refractivity contribution in [3.05, 3.63) is 27.3 Å². The lowest BCUT2D eigenvalue weighted by atomic mass is 10.2. The standard InChI is InChI=1S/C10H12INOS/c1-7-8(11)4-3-5-9(7)12-10(13)6-14-2/h3-5H,6H2,1-2H3,(H,12,13). The van der Waals surface area contributed by atoms with E-state index in [4.69, 9.17) is 0 Å². The second-order valence-corrected chi connectivity index (χ2v) is 4.92. The van der Waals surface area contributed by atoms with Crippen molar-refractivity contribution < 1.29 is 4.79 Å².